The summed E-state index contributed by atoms with van der Waals surface area (Å²) in [4.78, 5) is 25.6. The minimum Gasteiger partial charge on any atom is -0.464 e. The van der Waals surface area contributed by atoms with Crippen LogP contribution in [0.3, 0.4) is 0 Å². The van der Waals surface area contributed by atoms with E-state index in [0.29, 0.717) is 17.6 Å². The number of nitrogens with zero attached hydrogens (tertiary/aromatic N) is 3. The van der Waals surface area contributed by atoms with Crippen molar-refractivity contribution in [3.05, 3.63) is 46.1 Å². The van der Waals surface area contributed by atoms with Crippen molar-refractivity contribution >= 4 is 23.4 Å². The first-order valence-corrected chi connectivity index (χ1v) is 8.78. The zero-order valence-corrected chi connectivity index (χ0v) is 14.9. The van der Waals surface area contributed by atoms with Gasteiger partial charge in [-0.25, -0.2) is 14.8 Å². The topological polar surface area (TPSA) is 77.0 Å². The number of aromatic nitrogens is 3. The lowest BCUT2D eigenvalue weighted by molar-refractivity contribution is 0.0593. The van der Waals surface area contributed by atoms with Crippen LogP contribution in [0.4, 0.5) is 5.82 Å². The van der Waals surface area contributed by atoms with Gasteiger partial charge in [0, 0.05) is 11.6 Å². The predicted molar refractivity (Wildman–Crippen MR) is 93.9 cm³/mol. The molecule has 0 spiro atoms. The quantitative estimate of drug-likeness (QED) is 0.823. The first-order chi connectivity index (χ1) is 12.0. The summed E-state index contributed by atoms with van der Waals surface area (Å²) in [6.45, 7) is 1.97. The summed E-state index contributed by atoms with van der Waals surface area (Å²) in [6, 6.07) is 5.97. The second-order valence-electron chi connectivity index (χ2n) is 6.73. The molecule has 7 heteroatoms. The maximum absolute atomic E-state index is 12.0. The second kappa shape index (κ2) is 5.95. The van der Waals surface area contributed by atoms with Gasteiger partial charge < -0.3 is 10.1 Å². The zero-order chi connectivity index (χ0) is 17.6. The number of carbonyl (C=O) groups is 1. The molecule has 2 aliphatic carbocycles. The van der Waals surface area contributed by atoms with Gasteiger partial charge in [-0.1, -0.05) is 17.7 Å². The largest absolute Gasteiger partial charge is 0.464 e. The van der Waals surface area contributed by atoms with Crippen molar-refractivity contribution < 1.29 is 9.53 Å². The van der Waals surface area contributed by atoms with Gasteiger partial charge in [-0.2, -0.15) is 0 Å². The first-order valence-electron chi connectivity index (χ1n) is 8.40. The summed E-state index contributed by atoms with van der Waals surface area (Å²) in [5, 5.41) is 3.63. The smallest absolute Gasteiger partial charge is 0.358 e. The molecule has 2 aromatic heterocycles. The summed E-state index contributed by atoms with van der Waals surface area (Å²) in [5.41, 5.74) is 1.78. The number of anilines is 1. The van der Waals surface area contributed by atoms with E-state index >= 15 is 0 Å². The number of rotatable bonds is 5. The van der Waals surface area contributed by atoms with Gasteiger partial charge in [0.25, 0.3) is 0 Å². The number of methoxy groups -OCH3 is 1. The Morgan fingerprint density at radius 2 is 2.04 bits per heavy atom. The summed E-state index contributed by atoms with van der Waals surface area (Å²) in [7, 11) is 1.32. The average molecular weight is 359 g/mol. The van der Waals surface area contributed by atoms with Gasteiger partial charge in [-0.15, -0.1) is 0 Å². The predicted octanol–water partition coefficient (Wildman–Crippen LogP) is 3.60. The Balaban J connectivity index is 1.72. The van der Waals surface area contributed by atoms with Gasteiger partial charge in [0.05, 0.1) is 18.3 Å². The third kappa shape index (κ3) is 3.06. The summed E-state index contributed by atoms with van der Waals surface area (Å²) in [6.07, 6.45) is 3.95. The fraction of sp³-hybridized carbons (Fsp3) is 0.444. The molecule has 6 nitrogen and oxygen atoms in total. The Labute approximate surface area is 151 Å². The highest BCUT2D eigenvalue weighted by Gasteiger charge is 2.47. The minimum atomic E-state index is -0.545. The van der Waals surface area contributed by atoms with Crippen molar-refractivity contribution in [2.45, 2.75) is 44.1 Å². The van der Waals surface area contributed by atoms with E-state index < -0.39 is 5.97 Å². The van der Waals surface area contributed by atoms with Crippen LogP contribution in [-0.4, -0.2) is 28.0 Å². The lowest BCUT2D eigenvalue weighted by atomic mass is 10.1. The van der Waals surface area contributed by atoms with Crippen LogP contribution in [0.25, 0.3) is 0 Å². The first kappa shape index (κ1) is 16.3. The van der Waals surface area contributed by atoms with E-state index in [-0.39, 0.29) is 16.3 Å². The molecule has 0 aliphatic heterocycles. The van der Waals surface area contributed by atoms with Crippen LogP contribution < -0.4 is 5.32 Å². The van der Waals surface area contributed by atoms with Crippen LogP contribution in [0.15, 0.2) is 18.2 Å². The fourth-order valence-corrected chi connectivity index (χ4v) is 3.12. The number of esters is 1. The van der Waals surface area contributed by atoms with Crippen LogP contribution in [0.1, 0.15) is 59.3 Å². The average Bonchev–Trinajstić information content (AvgIpc) is 3.50. The highest BCUT2D eigenvalue weighted by atomic mass is 35.5. The molecule has 2 aliphatic rings. The van der Waals surface area contributed by atoms with E-state index in [0.717, 1.165) is 37.1 Å². The monoisotopic (exact) mass is 358 g/mol. The molecule has 25 heavy (non-hydrogen) atoms. The molecule has 0 radical (unpaired) electrons. The Morgan fingerprint density at radius 3 is 2.64 bits per heavy atom. The summed E-state index contributed by atoms with van der Waals surface area (Å²) in [5.74, 6) is 0.893. The lowest BCUT2D eigenvalue weighted by Gasteiger charge is -2.20. The second-order valence-corrected chi connectivity index (χ2v) is 7.11. The van der Waals surface area contributed by atoms with Gasteiger partial charge in [0.2, 0.25) is 0 Å². The fourth-order valence-electron chi connectivity index (χ4n) is 2.91. The number of ether oxygens (including phenoxy) is 1. The van der Waals surface area contributed by atoms with Crippen molar-refractivity contribution in [2.75, 3.05) is 12.4 Å². The maximum Gasteiger partial charge on any atom is 0.358 e. The highest BCUT2D eigenvalue weighted by molar-refractivity contribution is 6.35. The van der Waals surface area contributed by atoms with Crippen molar-refractivity contribution in [3.63, 3.8) is 0 Å². The Morgan fingerprint density at radius 1 is 1.28 bits per heavy atom. The third-order valence-corrected chi connectivity index (χ3v) is 5.03. The van der Waals surface area contributed by atoms with Crippen molar-refractivity contribution in [1.82, 2.24) is 15.0 Å². The lowest BCUT2D eigenvalue weighted by Crippen LogP contribution is -2.23. The third-order valence-electron chi connectivity index (χ3n) is 4.68. The number of aryl methyl sites for hydroxylation is 1. The molecule has 1 N–H and O–H groups in total. The number of hydrogen-bond acceptors (Lipinski definition) is 6. The van der Waals surface area contributed by atoms with Gasteiger partial charge in [0.1, 0.15) is 16.7 Å². The molecule has 0 atom stereocenters. The van der Waals surface area contributed by atoms with Crippen LogP contribution >= 0.6 is 11.6 Å². The van der Waals surface area contributed by atoms with Crippen molar-refractivity contribution in [2.24, 2.45) is 0 Å². The normalized spacial score (nSPS) is 17.9. The summed E-state index contributed by atoms with van der Waals surface area (Å²) < 4.78 is 4.82. The molecule has 2 fully saturated rings. The van der Waals surface area contributed by atoms with Crippen LogP contribution in [0.2, 0.25) is 5.02 Å². The van der Waals surface area contributed by atoms with E-state index in [4.69, 9.17) is 16.3 Å². The molecule has 2 saturated carbocycles. The molecule has 0 aromatic carbocycles. The molecule has 0 bridgehead atoms. The number of hydrogen-bond donors (Lipinski definition) is 1. The molecule has 2 aromatic rings. The van der Waals surface area contributed by atoms with Gasteiger partial charge in [-0.05, 0) is 44.7 Å². The Hall–Kier alpha value is -2.21. The molecule has 2 heterocycles. The molecule has 0 saturated heterocycles. The van der Waals surface area contributed by atoms with Crippen molar-refractivity contribution in [1.29, 1.82) is 0 Å². The number of pyridine rings is 1. The highest BCUT2D eigenvalue weighted by Crippen LogP contribution is 2.49. The van der Waals surface area contributed by atoms with Gasteiger partial charge in [-0.3, -0.25) is 4.98 Å². The van der Waals surface area contributed by atoms with E-state index in [1.807, 2.05) is 25.1 Å². The zero-order valence-electron chi connectivity index (χ0n) is 14.2. The number of carbonyl (C=O) groups excluding carboxylic acids is 1. The van der Waals surface area contributed by atoms with Crippen LogP contribution in [0, 0.1) is 6.92 Å². The number of nitrogens with one attached hydrogen (secondary N) is 1. The van der Waals surface area contributed by atoms with E-state index in [1.54, 1.807) is 0 Å². The van der Waals surface area contributed by atoms with Gasteiger partial charge >= 0.3 is 5.97 Å². The van der Waals surface area contributed by atoms with E-state index in [1.165, 1.54) is 7.11 Å². The Bertz CT molecular complexity index is 847. The standard InChI is InChI=1S/C18H19ClN4O2/c1-10-4-3-5-12(20-10)18(8-9-18)23-16-13(19)14(17(24)25-2)21-15(22-16)11-6-7-11/h3-5,11H,6-9H2,1-2H3,(H,21,22,23). The number of halogens is 1. The van der Waals surface area contributed by atoms with E-state index in [2.05, 4.69) is 20.3 Å². The molecular formula is C18H19ClN4O2. The van der Waals surface area contributed by atoms with Crippen LogP contribution in [0.5, 0.6) is 0 Å². The van der Waals surface area contributed by atoms with Crippen LogP contribution in [-0.2, 0) is 10.3 Å². The Kier molecular flexibility index (Phi) is 3.87. The van der Waals surface area contributed by atoms with E-state index in [9.17, 15) is 4.79 Å². The maximum atomic E-state index is 12.0. The SMILES string of the molecule is COC(=O)c1nc(C2CC2)nc(NC2(c3cccc(C)n3)CC2)c1Cl. The molecule has 130 valence electrons. The minimum absolute atomic E-state index is 0.122. The molecule has 4 rings (SSSR count). The van der Waals surface area contributed by atoms with Gasteiger partial charge in [0.15, 0.2) is 5.69 Å². The summed E-state index contributed by atoms with van der Waals surface area (Å²) >= 11 is 6.42. The van der Waals surface area contributed by atoms with Crippen molar-refractivity contribution in [3.8, 4) is 0 Å². The molecule has 0 amide bonds. The molecule has 0 unspecified atom stereocenters. The molecular weight excluding hydrogens is 340 g/mol.